The largest absolute Gasteiger partial charge is 0.284 e. The number of aromatic nitrogens is 1. The first-order valence-electron chi connectivity index (χ1n) is 4.47. The molecule has 0 saturated carbocycles. The van der Waals surface area contributed by atoms with Crippen LogP contribution in [0, 0.1) is 0 Å². The summed E-state index contributed by atoms with van der Waals surface area (Å²) in [4.78, 5) is 4.08. The molecular formula is C10H9BrN2O2S. The van der Waals surface area contributed by atoms with Crippen LogP contribution in [-0.2, 0) is 10.0 Å². The van der Waals surface area contributed by atoms with Gasteiger partial charge in [-0.3, -0.25) is 4.72 Å². The minimum Gasteiger partial charge on any atom is -0.284 e. The second kappa shape index (κ2) is 4.03. The van der Waals surface area contributed by atoms with Crippen LogP contribution in [0.3, 0.4) is 0 Å². The van der Waals surface area contributed by atoms with Gasteiger partial charge < -0.3 is 0 Å². The van der Waals surface area contributed by atoms with Crippen LogP contribution >= 0.6 is 15.9 Å². The van der Waals surface area contributed by atoms with E-state index in [9.17, 15) is 8.42 Å². The monoisotopic (exact) mass is 300 g/mol. The van der Waals surface area contributed by atoms with E-state index in [4.69, 9.17) is 0 Å². The van der Waals surface area contributed by atoms with Crippen molar-refractivity contribution in [1.29, 1.82) is 0 Å². The van der Waals surface area contributed by atoms with E-state index in [0.29, 0.717) is 5.69 Å². The summed E-state index contributed by atoms with van der Waals surface area (Å²) in [5.41, 5.74) is 0.541. The molecule has 1 heterocycles. The van der Waals surface area contributed by atoms with Crippen LogP contribution in [0.25, 0.3) is 10.8 Å². The Morgan fingerprint density at radius 1 is 1.25 bits per heavy atom. The van der Waals surface area contributed by atoms with Crippen molar-refractivity contribution in [3.63, 3.8) is 0 Å². The van der Waals surface area contributed by atoms with Crippen molar-refractivity contribution in [1.82, 2.24) is 4.98 Å². The van der Waals surface area contributed by atoms with Gasteiger partial charge in [-0.1, -0.05) is 6.07 Å². The number of hydrogen-bond acceptors (Lipinski definition) is 3. The Hall–Kier alpha value is -1.14. The summed E-state index contributed by atoms with van der Waals surface area (Å²) in [5, 5.41) is 1.89. The smallest absolute Gasteiger partial charge is 0.229 e. The average molecular weight is 301 g/mol. The fraction of sp³-hybridized carbons (Fsp3) is 0.100. The maximum atomic E-state index is 11.1. The van der Waals surface area contributed by atoms with Gasteiger partial charge in [0, 0.05) is 17.3 Å². The van der Waals surface area contributed by atoms with Crippen LogP contribution < -0.4 is 4.72 Å². The van der Waals surface area contributed by atoms with E-state index in [1.54, 1.807) is 18.3 Å². The second-order valence-electron chi connectivity index (χ2n) is 3.44. The highest BCUT2D eigenvalue weighted by molar-refractivity contribution is 9.10. The zero-order valence-electron chi connectivity index (χ0n) is 8.44. The molecule has 1 aromatic carbocycles. The third-order valence-corrected chi connectivity index (χ3v) is 3.03. The van der Waals surface area contributed by atoms with Gasteiger partial charge in [-0.05, 0) is 39.5 Å². The van der Waals surface area contributed by atoms with Crippen LogP contribution in [0.4, 0.5) is 5.69 Å². The highest BCUT2D eigenvalue weighted by atomic mass is 79.9. The van der Waals surface area contributed by atoms with Gasteiger partial charge in [-0.25, -0.2) is 13.4 Å². The van der Waals surface area contributed by atoms with Crippen molar-refractivity contribution < 1.29 is 8.42 Å². The summed E-state index contributed by atoms with van der Waals surface area (Å²) in [6, 6.07) is 7.18. The standard InChI is InChI=1S/C10H9BrN2O2S/c1-16(14,15)13-9-3-2-7-5-10(11)12-6-8(7)4-9/h2-6,13H,1H3. The molecule has 4 nitrogen and oxygen atoms in total. The SMILES string of the molecule is CS(=O)(=O)Nc1ccc2cc(Br)ncc2c1. The summed E-state index contributed by atoms with van der Waals surface area (Å²) >= 11 is 3.28. The zero-order valence-corrected chi connectivity index (χ0v) is 10.8. The molecule has 2 aromatic rings. The van der Waals surface area contributed by atoms with E-state index in [1.807, 2.05) is 12.1 Å². The topological polar surface area (TPSA) is 59.1 Å². The highest BCUT2D eigenvalue weighted by Crippen LogP contribution is 2.21. The van der Waals surface area contributed by atoms with Gasteiger partial charge in [-0.2, -0.15) is 0 Å². The number of hydrogen-bond donors (Lipinski definition) is 1. The predicted octanol–water partition coefficient (Wildman–Crippen LogP) is 2.37. The number of halogens is 1. The lowest BCUT2D eigenvalue weighted by Gasteiger charge is -2.05. The number of nitrogens with one attached hydrogen (secondary N) is 1. The van der Waals surface area contributed by atoms with Crippen molar-refractivity contribution in [3.8, 4) is 0 Å². The molecule has 16 heavy (non-hydrogen) atoms. The Kier molecular flexibility index (Phi) is 2.86. The first kappa shape index (κ1) is 11.3. The van der Waals surface area contributed by atoms with Crippen LogP contribution in [0.5, 0.6) is 0 Å². The van der Waals surface area contributed by atoms with Crippen LogP contribution in [-0.4, -0.2) is 19.7 Å². The lowest BCUT2D eigenvalue weighted by Crippen LogP contribution is -2.09. The highest BCUT2D eigenvalue weighted by Gasteiger charge is 2.03. The molecule has 1 aromatic heterocycles. The van der Waals surface area contributed by atoms with E-state index in [-0.39, 0.29) is 0 Å². The molecule has 2 rings (SSSR count). The summed E-state index contributed by atoms with van der Waals surface area (Å²) in [6.07, 6.45) is 2.81. The second-order valence-corrected chi connectivity index (χ2v) is 6.00. The molecule has 0 radical (unpaired) electrons. The molecule has 0 aliphatic rings. The minimum atomic E-state index is -3.23. The van der Waals surface area contributed by atoms with Gasteiger partial charge in [0.1, 0.15) is 4.60 Å². The van der Waals surface area contributed by atoms with Crippen molar-refractivity contribution >= 4 is 42.4 Å². The molecule has 0 fully saturated rings. The fourth-order valence-electron chi connectivity index (χ4n) is 1.39. The summed E-state index contributed by atoms with van der Waals surface area (Å²) in [6.45, 7) is 0. The van der Waals surface area contributed by atoms with Crippen molar-refractivity contribution in [2.45, 2.75) is 0 Å². The van der Waals surface area contributed by atoms with Crippen LogP contribution in [0.2, 0.25) is 0 Å². The quantitative estimate of drug-likeness (QED) is 0.866. The van der Waals surface area contributed by atoms with E-state index in [2.05, 4.69) is 25.6 Å². The first-order valence-corrected chi connectivity index (χ1v) is 7.15. The van der Waals surface area contributed by atoms with E-state index >= 15 is 0 Å². The molecule has 1 N–H and O–H groups in total. The van der Waals surface area contributed by atoms with Gasteiger partial charge in [-0.15, -0.1) is 0 Å². The zero-order chi connectivity index (χ0) is 11.8. The molecule has 0 amide bonds. The number of rotatable bonds is 2. The van der Waals surface area contributed by atoms with Gasteiger partial charge in [0.15, 0.2) is 0 Å². The number of fused-ring (bicyclic) bond motifs is 1. The maximum absolute atomic E-state index is 11.1. The molecule has 6 heteroatoms. The fourth-order valence-corrected chi connectivity index (χ4v) is 2.30. The van der Waals surface area contributed by atoms with Crippen molar-refractivity contribution in [2.24, 2.45) is 0 Å². The minimum absolute atomic E-state index is 0.541. The Morgan fingerprint density at radius 2 is 2.00 bits per heavy atom. The Balaban J connectivity index is 2.49. The van der Waals surface area contributed by atoms with E-state index in [1.165, 1.54) is 0 Å². The van der Waals surface area contributed by atoms with E-state index < -0.39 is 10.0 Å². The molecule has 0 bridgehead atoms. The number of benzene rings is 1. The van der Waals surface area contributed by atoms with Crippen LogP contribution in [0.15, 0.2) is 35.1 Å². The normalized spacial score (nSPS) is 11.6. The molecule has 84 valence electrons. The molecule has 0 aliphatic carbocycles. The van der Waals surface area contributed by atoms with Crippen molar-refractivity contribution in [3.05, 3.63) is 35.1 Å². The summed E-state index contributed by atoms with van der Waals surface area (Å²) < 4.78 is 25.3. The summed E-state index contributed by atoms with van der Waals surface area (Å²) in [7, 11) is -3.23. The Bertz CT molecular complexity index is 640. The number of sulfonamides is 1. The molecule has 0 aliphatic heterocycles. The molecule has 0 unspecified atom stereocenters. The Morgan fingerprint density at radius 3 is 2.69 bits per heavy atom. The van der Waals surface area contributed by atoms with Gasteiger partial charge in [0.2, 0.25) is 10.0 Å². The first-order chi connectivity index (χ1) is 7.44. The van der Waals surface area contributed by atoms with Crippen LogP contribution in [0.1, 0.15) is 0 Å². The molecule has 0 atom stereocenters. The number of anilines is 1. The average Bonchev–Trinajstić information content (AvgIpc) is 2.16. The van der Waals surface area contributed by atoms with Gasteiger partial charge >= 0.3 is 0 Å². The third kappa shape index (κ3) is 2.70. The number of pyridine rings is 1. The molecular weight excluding hydrogens is 292 g/mol. The van der Waals surface area contributed by atoms with Gasteiger partial charge in [0.25, 0.3) is 0 Å². The lowest BCUT2D eigenvalue weighted by molar-refractivity contribution is 0.607. The molecule has 0 saturated heterocycles. The number of nitrogens with zero attached hydrogens (tertiary/aromatic N) is 1. The third-order valence-electron chi connectivity index (χ3n) is 1.99. The van der Waals surface area contributed by atoms with Gasteiger partial charge in [0.05, 0.1) is 6.26 Å². The predicted molar refractivity (Wildman–Crippen MR) is 67.9 cm³/mol. The maximum Gasteiger partial charge on any atom is 0.229 e. The molecule has 0 spiro atoms. The van der Waals surface area contributed by atoms with E-state index in [0.717, 1.165) is 21.6 Å². The Labute approximate surface area is 102 Å². The lowest BCUT2D eigenvalue weighted by atomic mass is 10.2. The van der Waals surface area contributed by atoms with Crippen molar-refractivity contribution in [2.75, 3.05) is 11.0 Å². The summed E-state index contributed by atoms with van der Waals surface area (Å²) in [5.74, 6) is 0.